The van der Waals surface area contributed by atoms with Crippen LogP contribution in [0.2, 0.25) is 0 Å². The third-order valence-electron chi connectivity index (χ3n) is 7.15. The number of methoxy groups -OCH3 is 2. The Morgan fingerprint density at radius 2 is 1.76 bits per heavy atom. The van der Waals surface area contributed by atoms with Crippen LogP contribution in [0.25, 0.3) is 6.08 Å². The van der Waals surface area contributed by atoms with E-state index in [0.717, 1.165) is 15.6 Å². The van der Waals surface area contributed by atoms with Gasteiger partial charge in [0.05, 0.1) is 24.4 Å². The molecular weight excluding hydrogens is 596 g/mol. The molecule has 0 spiro atoms. The van der Waals surface area contributed by atoms with Crippen LogP contribution in [0.4, 0.5) is 5.69 Å². The fraction of sp³-hybridized carbons (Fsp3) is 0.267. The Morgan fingerprint density at radius 3 is 2.56 bits per heavy atom. The van der Waals surface area contributed by atoms with E-state index < -0.39 is 0 Å². The Hall–Kier alpha value is -4.38. The minimum Gasteiger partial charge on any atom is -0.493 e. The van der Waals surface area contributed by atoms with Gasteiger partial charge < -0.3 is 38.6 Å². The quantitative estimate of drug-likeness (QED) is 0.383. The number of carbonyl (C=O) groups excluding carboxylic acids is 2. The normalized spacial score (nSPS) is 14.9. The number of benzene rings is 3. The van der Waals surface area contributed by atoms with E-state index in [-0.39, 0.29) is 18.5 Å². The standard InChI is InChI=1S/C30H27BrN2O8/c1-33-8-7-19-20(26(37-3)29-28(24(19)31)40-15-41-29)14-21(33)25(34)16-5-4-6-18(11-16)32-30(35)17-12-22(36-2)27-23(13-17)38-9-10-39-27/h4-6,11-14H,7-10,15H2,1-3H3,(H,32,35). The molecule has 0 aromatic heterocycles. The third-order valence-corrected chi connectivity index (χ3v) is 7.99. The number of nitrogens with zero attached hydrogens (tertiary/aromatic N) is 1. The summed E-state index contributed by atoms with van der Waals surface area (Å²) in [5.74, 6) is 2.37. The number of allylic oxidation sites excluding steroid dienone is 1. The topological polar surface area (TPSA) is 105 Å². The van der Waals surface area contributed by atoms with Crippen LogP contribution in [-0.4, -0.2) is 64.4 Å². The maximum Gasteiger partial charge on any atom is 0.255 e. The van der Waals surface area contributed by atoms with Gasteiger partial charge in [-0.1, -0.05) is 12.1 Å². The average Bonchev–Trinajstić information content (AvgIpc) is 3.42. The Balaban J connectivity index is 1.30. The third kappa shape index (κ3) is 4.80. The fourth-order valence-corrected chi connectivity index (χ4v) is 5.81. The van der Waals surface area contributed by atoms with E-state index in [1.54, 1.807) is 43.5 Å². The van der Waals surface area contributed by atoms with E-state index in [1.165, 1.54) is 7.11 Å². The van der Waals surface area contributed by atoms with E-state index in [0.29, 0.717) is 83.2 Å². The molecule has 0 bridgehead atoms. The number of ketones is 1. The summed E-state index contributed by atoms with van der Waals surface area (Å²) in [5, 5.41) is 2.87. The predicted molar refractivity (Wildman–Crippen MR) is 154 cm³/mol. The smallest absolute Gasteiger partial charge is 0.255 e. The van der Waals surface area contributed by atoms with Crippen LogP contribution in [0.3, 0.4) is 0 Å². The summed E-state index contributed by atoms with van der Waals surface area (Å²) in [6.45, 7) is 1.47. The number of halogens is 1. The number of anilines is 1. The van der Waals surface area contributed by atoms with E-state index in [9.17, 15) is 9.59 Å². The predicted octanol–water partition coefficient (Wildman–Crippen LogP) is 4.93. The van der Waals surface area contributed by atoms with Gasteiger partial charge in [0, 0.05) is 36.0 Å². The second kappa shape index (κ2) is 10.9. The minimum atomic E-state index is -0.379. The summed E-state index contributed by atoms with van der Waals surface area (Å²) in [6.07, 6.45) is 2.48. The van der Waals surface area contributed by atoms with Crippen molar-refractivity contribution in [1.29, 1.82) is 0 Å². The van der Waals surface area contributed by atoms with Crippen molar-refractivity contribution >= 4 is 39.4 Å². The molecule has 0 radical (unpaired) electrons. The first-order valence-electron chi connectivity index (χ1n) is 12.9. The first-order valence-corrected chi connectivity index (χ1v) is 13.7. The van der Waals surface area contributed by atoms with Gasteiger partial charge in [-0.15, -0.1) is 0 Å². The van der Waals surface area contributed by atoms with Crippen molar-refractivity contribution in [2.45, 2.75) is 6.42 Å². The molecule has 1 amide bonds. The number of amides is 1. The van der Waals surface area contributed by atoms with Crippen molar-refractivity contribution in [2.75, 3.05) is 53.1 Å². The molecule has 10 nitrogen and oxygen atoms in total. The highest BCUT2D eigenvalue weighted by Gasteiger charge is 2.32. The SMILES string of the molecule is COc1cc(C(=O)Nc2cccc(C(=O)C3=Cc4c(c(Br)c5c(c4OC)OCO5)CCN3C)c2)cc2c1OCCO2. The van der Waals surface area contributed by atoms with Crippen LogP contribution in [0.1, 0.15) is 31.8 Å². The molecule has 0 unspecified atom stereocenters. The van der Waals surface area contributed by atoms with Crippen molar-refractivity contribution in [3.05, 3.63) is 68.8 Å². The van der Waals surface area contributed by atoms with E-state index in [4.69, 9.17) is 28.4 Å². The van der Waals surface area contributed by atoms with Crippen LogP contribution >= 0.6 is 15.9 Å². The van der Waals surface area contributed by atoms with Gasteiger partial charge in [-0.2, -0.15) is 0 Å². The lowest BCUT2D eigenvalue weighted by Crippen LogP contribution is -2.24. The number of hydrogen-bond acceptors (Lipinski definition) is 9. The summed E-state index contributed by atoms with van der Waals surface area (Å²) in [6, 6.07) is 10.0. The number of nitrogens with one attached hydrogen (secondary N) is 1. The molecule has 41 heavy (non-hydrogen) atoms. The molecular formula is C30H27BrN2O8. The number of rotatable bonds is 6. The largest absolute Gasteiger partial charge is 0.493 e. The Bertz CT molecular complexity index is 1580. The molecule has 3 aliphatic heterocycles. The number of carbonyl (C=O) groups is 2. The molecule has 0 atom stereocenters. The van der Waals surface area contributed by atoms with Crippen molar-refractivity contribution in [1.82, 2.24) is 4.90 Å². The molecule has 0 saturated carbocycles. The first kappa shape index (κ1) is 26.8. The molecule has 0 saturated heterocycles. The van der Waals surface area contributed by atoms with Crippen molar-refractivity contribution in [2.24, 2.45) is 0 Å². The highest BCUT2D eigenvalue weighted by Crippen LogP contribution is 2.52. The molecule has 0 fully saturated rings. The monoisotopic (exact) mass is 622 g/mol. The summed E-state index contributed by atoms with van der Waals surface area (Å²) in [4.78, 5) is 28.9. The van der Waals surface area contributed by atoms with Crippen molar-refractivity contribution < 1.29 is 38.0 Å². The lowest BCUT2D eigenvalue weighted by molar-refractivity contribution is 0.0996. The molecule has 6 rings (SSSR count). The molecule has 3 aliphatic rings. The fourth-order valence-electron chi connectivity index (χ4n) is 5.10. The molecule has 3 heterocycles. The molecule has 3 aromatic rings. The molecule has 11 heteroatoms. The van der Waals surface area contributed by atoms with E-state index in [1.807, 2.05) is 18.0 Å². The lowest BCUT2D eigenvalue weighted by Gasteiger charge is -2.21. The van der Waals surface area contributed by atoms with Gasteiger partial charge in [-0.25, -0.2) is 0 Å². The molecule has 212 valence electrons. The van der Waals surface area contributed by atoms with Gasteiger partial charge >= 0.3 is 0 Å². The second-order valence-electron chi connectivity index (χ2n) is 9.57. The van der Waals surface area contributed by atoms with Gasteiger partial charge in [-0.3, -0.25) is 9.59 Å². The van der Waals surface area contributed by atoms with Gasteiger partial charge in [0.1, 0.15) is 13.2 Å². The molecule has 1 N–H and O–H groups in total. The Labute approximate surface area is 244 Å². The van der Waals surface area contributed by atoms with E-state index in [2.05, 4.69) is 21.2 Å². The number of likely N-dealkylation sites (N-methyl/N-ethyl adjacent to an activating group) is 1. The zero-order valence-corrected chi connectivity index (χ0v) is 24.3. The van der Waals surface area contributed by atoms with Crippen molar-refractivity contribution in [3.8, 4) is 34.5 Å². The molecule has 3 aromatic carbocycles. The van der Waals surface area contributed by atoms with Crippen LogP contribution in [0.15, 0.2) is 46.6 Å². The summed E-state index contributed by atoms with van der Waals surface area (Å²) in [7, 11) is 4.95. The van der Waals surface area contributed by atoms with Gasteiger partial charge in [-0.05, 0) is 58.3 Å². The maximum absolute atomic E-state index is 13.9. The Morgan fingerprint density at radius 1 is 0.951 bits per heavy atom. The van der Waals surface area contributed by atoms with Gasteiger partial charge in [0.25, 0.3) is 5.91 Å². The number of ether oxygens (including phenoxy) is 6. The number of hydrogen-bond donors (Lipinski definition) is 1. The first-order chi connectivity index (χ1) is 19.9. The number of Topliss-reactive ketones (excluding diaryl/α,β-unsaturated/α-hetero) is 1. The van der Waals surface area contributed by atoms with Gasteiger partial charge in [0.15, 0.2) is 23.0 Å². The highest BCUT2D eigenvalue weighted by molar-refractivity contribution is 9.10. The van der Waals surface area contributed by atoms with E-state index >= 15 is 0 Å². The number of fused-ring (bicyclic) bond motifs is 3. The van der Waals surface area contributed by atoms with Crippen LogP contribution in [0, 0.1) is 0 Å². The molecule has 0 aliphatic carbocycles. The average molecular weight is 623 g/mol. The second-order valence-corrected chi connectivity index (χ2v) is 10.4. The minimum absolute atomic E-state index is 0.0974. The summed E-state index contributed by atoms with van der Waals surface area (Å²) in [5.41, 5.74) is 3.43. The van der Waals surface area contributed by atoms with Crippen LogP contribution in [-0.2, 0) is 6.42 Å². The summed E-state index contributed by atoms with van der Waals surface area (Å²) >= 11 is 3.66. The van der Waals surface area contributed by atoms with Crippen LogP contribution < -0.4 is 33.7 Å². The zero-order chi connectivity index (χ0) is 28.7. The van der Waals surface area contributed by atoms with Crippen LogP contribution in [0.5, 0.6) is 34.5 Å². The van der Waals surface area contributed by atoms with Gasteiger partial charge in [0.2, 0.25) is 24.1 Å². The van der Waals surface area contributed by atoms with Crippen molar-refractivity contribution in [3.63, 3.8) is 0 Å². The highest BCUT2D eigenvalue weighted by atomic mass is 79.9. The summed E-state index contributed by atoms with van der Waals surface area (Å²) < 4.78 is 34.5. The lowest BCUT2D eigenvalue weighted by atomic mass is 10.0. The maximum atomic E-state index is 13.9. The Kier molecular flexibility index (Phi) is 7.12. The zero-order valence-electron chi connectivity index (χ0n) is 22.7.